The topological polar surface area (TPSA) is 62.1 Å². The van der Waals surface area contributed by atoms with E-state index in [2.05, 4.69) is 0 Å². The van der Waals surface area contributed by atoms with Crippen molar-refractivity contribution in [2.24, 2.45) is 4.99 Å². The molecule has 0 bridgehead atoms. The van der Waals surface area contributed by atoms with E-state index in [0.29, 0.717) is 28.0 Å². The number of aliphatic imine (C=N–C) groups is 1. The van der Waals surface area contributed by atoms with Gasteiger partial charge in [-0.2, -0.15) is 0 Å². The fourth-order valence-corrected chi connectivity index (χ4v) is 4.41. The normalized spacial score (nSPS) is 16.2. The number of rotatable bonds is 5. The number of phenolic OH excluding ortho intramolecular Hbond substituents is 1. The van der Waals surface area contributed by atoms with Gasteiger partial charge in [-0.3, -0.25) is 9.69 Å². The molecule has 0 unspecified atom stereocenters. The average molecular weight is 445 g/mol. The Balaban J connectivity index is 1.79. The van der Waals surface area contributed by atoms with Gasteiger partial charge in [0.25, 0.3) is 5.91 Å². The molecule has 1 aliphatic heterocycles. The summed E-state index contributed by atoms with van der Waals surface area (Å²) in [6.07, 6.45) is 1.69. The molecule has 0 spiro atoms. The molecule has 6 heteroatoms. The van der Waals surface area contributed by atoms with E-state index in [1.54, 1.807) is 29.2 Å². The molecule has 0 aromatic heterocycles. The summed E-state index contributed by atoms with van der Waals surface area (Å²) in [7, 11) is 0. The number of carbonyl (C=O) groups excluding carboxylic acids is 1. The summed E-state index contributed by atoms with van der Waals surface area (Å²) < 4.78 is 5.48. The van der Waals surface area contributed by atoms with Crippen LogP contribution in [0.4, 0.5) is 11.4 Å². The van der Waals surface area contributed by atoms with E-state index in [-0.39, 0.29) is 11.7 Å². The van der Waals surface area contributed by atoms with Gasteiger partial charge in [0.1, 0.15) is 0 Å². The molecule has 0 radical (unpaired) electrons. The average Bonchev–Trinajstić information content (AvgIpc) is 3.05. The Bertz CT molecular complexity index is 1230. The zero-order chi connectivity index (χ0) is 22.7. The number of aryl methyl sites for hydroxylation is 2. The van der Waals surface area contributed by atoms with Gasteiger partial charge >= 0.3 is 0 Å². The highest BCUT2D eigenvalue weighted by Crippen LogP contribution is 2.39. The van der Waals surface area contributed by atoms with Crippen LogP contribution in [0.2, 0.25) is 0 Å². The van der Waals surface area contributed by atoms with E-state index in [4.69, 9.17) is 9.73 Å². The summed E-state index contributed by atoms with van der Waals surface area (Å²) in [4.78, 5) is 20.3. The molecule has 3 aromatic rings. The van der Waals surface area contributed by atoms with Crippen LogP contribution in [-0.2, 0) is 4.79 Å². The highest BCUT2D eigenvalue weighted by molar-refractivity contribution is 8.19. The van der Waals surface area contributed by atoms with Gasteiger partial charge in [-0.05, 0) is 80.1 Å². The van der Waals surface area contributed by atoms with Gasteiger partial charge in [-0.1, -0.05) is 36.4 Å². The molecule has 3 aromatic carbocycles. The monoisotopic (exact) mass is 444 g/mol. The minimum Gasteiger partial charge on any atom is -0.504 e. The van der Waals surface area contributed by atoms with E-state index >= 15 is 0 Å². The predicted molar refractivity (Wildman–Crippen MR) is 132 cm³/mol. The summed E-state index contributed by atoms with van der Waals surface area (Å²) >= 11 is 1.29. The number of para-hydroxylation sites is 1. The Kier molecular flexibility index (Phi) is 6.32. The van der Waals surface area contributed by atoms with Gasteiger partial charge in [0.15, 0.2) is 16.7 Å². The van der Waals surface area contributed by atoms with Crippen molar-refractivity contribution < 1.29 is 14.6 Å². The van der Waals surface area contributed by atoms with Crippen LogP contribution >= 0.6 is 11.8 Å². The number of nitrogens with zero attached hydrogens (tertiary/aromatic N) is 2. The molecule has 1 saturated heterocycles. The Morgan fingerprint density at radius 2 is 1.75 bits per heavy atom. The summed E-state index contributed by atoms with van der Waals surface area (Å²) in [6, 6.07) is 20.9. The molecular weight excluding hydrogens is 420 g/mol. The van der Waals surface area contributed by atoms with Gasteiger partial charge in [0.2, 0.25) is 0 Å². The first-order chi connectivity index (χ1) is 15.5. The Labute approximate surface area is 192 Å². The molecule has 1 aliphatic rings. The second kappa shape index (κ2) is 9.32. The molecule has 0 saturated carbocycles. The van der Waals surface area contributed by atoms with Crippen molar-refractivity contribution in [1.29, 1.82) is 0 Å². The quantitative estimate of drug-likeness (QED) is 0.475. The number of carbonyl (C=O) groups is 1. The van der Waals surface area contributed by atoms with E-state index in [9.17, 15) is 9.90 Å². The third-order valence-corrected chi connectivity index (χ3v) is 5.88. The summed E-state index contributed by atoms with van der Waals surface area (Å²) in [6.45, 7) is 6.29. The third kappa shape index (κ3) is 4.55. The van der Waals surface area contributed by atoms with Crippen molar-refractivity contribution in [1.82, 2.24) is 0 Å². The van der Waals surface area contributed by atoms with Crippen LogP contribution in [-0.4, -0.2) is 22.8 Å². The Morgan fingerprint density at radius 3 is 2.47 bits per heavy atom. The van der Waals surface area contributed by atoms with Gasteiger partial charge in [0.05, 0.1) is 22.9 Å². The molecular formula is C26H24N2O3S. The zero-order valence-electron chi connectivity index (χ0n) is 18.2. The lowest BCUT2D eigenvalue weighted by atomic mass is 10.1. The first kappa shape index (κ1) is 21.7. The van der Waals surface area contributed by atoms with Crippen molar-refractivity contribution >= 4 is 40.3 Å². The molecule has 1 amide bonds. The SMILES string of the molecule is CCOc1cccc(/C=C2\SC(=Nc3cccc(C)c3)N(c3cccc(C)c3)C2=O)c1O. The van der Waals surface area contributed by atoms with Crippen molar-refractivity contribution in [2.45, 2.75) is 20.8 Å². The molecule has 4 rings (SSSR count). The molecule has 1 heterocycles. The maximum atomic E-state index is 13.5. The number of aromatic hydroxyl groups is 1. The minimum atomic E-state index is -0.187. The van der Waals surface area contributed by atoms with Crippen molar-refractivity contribution in [3.8, 4) is 11.5 Å². The summed E-state index contributed by atoms with van der Waals surface area (Å²) in [5.74, 6) is 0.219. The van der Waals surface area contributed by atoms with Crippen LogP contribution in [0.15, 0.2) is 76.6 Å². The number of phenols is 1. The molecule has 162 valence electrons. The lowest BCUT2D eigenvalue weighted by molar-refractivity contribution is -0.113. The standard InChI is InChI=1S/C26H24N2O3S/c1-4-31-22-13-7-10-19(24(22)29)16-23-25(30)28(21-12-6-9-18(3)15-21)26(32-23)27-20-11-5-8-17(2)14-20/h5-16,29H,4H2,1-3H3/b23-16-,27-26?. The number of hydrogen-bond donors (Lipinski definition) is 1. The van der Waals surface area contributed by atoms with Crippen LogP contribution in [0.25, 0.3) is 6.08 Å². The van der Waals surface area contributed by atoms with Crippen LogP contribution in [0.5, 0.6) is 11.5 Å². The number of hydrogen-bond acceptors (Lipinski definition) is 5. The second-order valence-corrected chi connectivity index (χ2v) is 8.46. The van der Waals surface area contributed by atoms with Gasteiger partial charge in [0, 0.05) is 5.56 Å². The fourth-order valence-electron chi connectivity index (χ4n) is 3.42. The van der Waals surface area contributed by atoms with E-state index < -0.39 is 0 Å². The molecule has 5 nitrogen and oxygen atoms in total. The molecule has 0 aliphatic carbocycles. The van der Waals surface area contributed by atoms with Crippen molar-refractivity contribution in [3.05, 3.63) is 88.3 Å². The van der Waals surface area contributed by atoms with Crippen LogP contribution < -0.4 is 9.64 Å². The van der Waals surface area contributed by atoms with Crippen molar-refractivity contribution in [3.63, 3.8) is 0 Å². The number of ether oxygens (including phenoxy) is 1. The number of benzene rings is 3. The first-order valence-corrected chi connectivity index (χ1v) is 11.2. The van der Waals surface area contributed by atoms with Crippen LogP contribution in [0.3, 0.4) is 0 Å². The lowest BCUT2D eigenvalue weighted by Gasteiger charge is -2.16. The van der Waals surface area contributed by atoms with E-state index in [1.165, 1.54) is 11.8 Å². The Morgan fingerprint density at radius 1 is 1.03 bits per heavy atom. The highest BCUT2D eigenvalue weighted by atomic mass is 32.2. The van der Waals surface area contributed by atoms with Gasteiger partial charge < -0.3 is 9.84 Å². The fraction of sp³-hybridized carbons (Fsp3) is 0.154. The molecule has 0 atom stereocenters. The molecule has 32 heavy (non-hydrogen) atoms. The highest BCUT2D eigenvalue weighted by Gasteiger charge is 2.35. The number of thioether (sulfide) groups is 1. The van der Waals surface area contributed by atoms with Crippen molar-refractivity contribution in [2.75, 3.05) is 11.5 Å². The largest absolute Gasteiger partial charge is 0.504 e. The van der Waals surface area contributed by atoms with Gasteiger partial charge in [-0.15, -0.1) is 0 Å². The van der Waals surface area contributed by atoms with Gasteiger partial charge in [-0.25, -0.2) is 4.99 Å². The third-order valence-electron chi connectivity index (χ3n) is 4.91. The smallest absolute Gasteiger partial charge is 0.271 e. The van der Waals surface area contributed by atoms with E-state index in [1.807, 2.05) is 69.3 Å². The zero-order valence-corrected chi connectivity index (χ0v) is 19.0. The molecule has 1 N–H and O–H groups in total. The lowest BCUT2D eigenvalue weighted by Crippen LogP contribution is -2.28. The molecule has 1 fully saturated rings. The van der Waals surface area contributed by atoms with Crippen LogP contribution in [0.1, 0.15) is 23.6 Å². The number of anilines is 1. The maximum Gasteiger partial charge on any atom is 0.271 e. The minimum absolute atomic E-state index is 0.0152. The number of amides is 1. The first-order valence-electron chi connectivity index (χ1n) is 10.4. The number of amidine groups is 1. The summed E-state index contributed by atoms with van der Waals surface area (Å²) in [5, 5.41) is 11.2. The Hall–Kier alpha value is -3.51. The summed E-state index contributed by atoms with van der Waals surface area (Å²) in [5.41, 5.74) is 4.20. The predicted octanol–water partition coefficient (Wildman–Crippen LogP) is 6.22. The second-order valence-electron chi connectivity index (χ2n) is 7.45. The maximum absolute atomic E-state index is 13.5. The van der Waals surface area contributed by atoms with Crippen LogP contribution in [0, 0.1) is 13.8 Å². The van der Waals surface area contributed by atoms with E-state index in [0.717, 1.165) is 22.5 Å².